The maximum atomic E-state index is 13.3. The van der Waals surface area contributed by atoms with Gasteiger partial charge in [0.25, 0.3) is 0 Å². The minimum Gasteiger partial charge on any atom is -0.356 e. The van der Waals surface area contributed by atoms with E-state index in [9.17, 15) is 9.18 Å². The summed E-state index contributed by atoms with van der Waals surface area (Å²) in [4.78, 5) is 10.9. The first-order chi connectivity index (χ1) is 7.13. The van der Waals surface area contributed by atoms with E-state index in [1.54, 1.807) is 19.1 Å². The van der Waals surface area contributed by atoms with Gasteiger partial charge < -0.3 is 5.32 Å². The van der Waals surface area contributed by atoms with Gasteiger partial charge in [-0.25, -0.2) is 4.39 Å². The molecule has 0 aliphatic rings. The smallest absolute Gasteiger partial charge is 0.219 e. The molecule has 0 atom stereocenters. The summed E-state index contributed by atoms with van der Waals surface area (Å²) in [5.41, 5.74) is 0.620. The molecule has 15 heavy (non-hydrogen) atoms. The Morgan fingerprint density at radius 2 is 2.27 bits per heavy atom. The van der Waals surface area contributed by atoms with E-state index in [1.165, 1.54) is 6.07 Å². The molecule has 0 aliphatic carbocycles. The Morgan fingerprint density at radius 1 is 1.53 bits per heavy atom. The molecule has 1 aromatic carbocycles. The van der Waals surface area contributed by atoms with Gasteiger partial charge in [0.15, 0.2) is 0 Å². The van der Waals surface area contributed by atoms with Crippen LogP contribution in [0.5, 0.6) is 0 Å². The third-order valence-electron chi connectivity index (χ3n) is 2.05. The highest BCUT2D eigenvalue weighted by Gasteiger charge is 2.03. The Labute approximate surface area is 97.0 Å². The van der Waals surface area contributed by atoms with Crippen LogP contribution in [0.25, 0.3) is 0 Å². The normalized spacial score (nSPS) is 10.1. The van der Waals surface area contributed by atoms with Gasteiger partial charge in [-0.05, 0) is 24.1 Å². The molecule has 0 aromatic heterocycles. The molecule has 1 rings (SSSR count). The minimum atomic E-state index is -0.241. The van der Waals surface area contributed by atoms with Crippen LogP contribution in [-0.2, 0) is 11.2 Å². The summed E-state index contributed by atoms with van der Waals surface area (Å²) in [6.07, 6.45) is 0.980. The third kappa shape index (κ3) is 4.00. The van der Waals surface area contributed by atoms with Crippen LogP contribution in [0.3, 0.4) is 0 Å². The number of hydrogen-bond acceptors (Lipinski definition) is 1. The second kappa shape index (κ2) is 5.85. The van der Waals surface area contributed by atoms with E-state index in [2.05, 4.69) is 21.2 Å². The predicted octanol–water partition coefficient (Wildman–Crippen LogP) is 2.66. The molecule has 4 heteroatoms. The zero-order valence-corrected chi connectivity index (χ0v) is 10.1. The van der Waals surface area contributed by atoms with Crippen LogP contribution < -0.4 is 5.32 Å². The number of carbonyl (C=O) groups excluding carboxylic acids is 1. The highest BCUT2D eigenvalue weighted by molar-refractivity contribution is 9.10. The van der Waals surface area contributed by atoms with Crippen molar-refractivity contribution in [2.24, 2.45) is 0 Å². The molecule has 82 valence electrons. The molecule has 0 spiro atoms. The average molecular weight is 274 g/mol. The van der Waals surface area contributed by atoms with E-state index < -0.39 is 0 Å². The van der Waals surface area contributed by atoms with Gasteiger partial charge in [0.2, 0.25) is 5.91 Å². The fourth-order valence-corrected chi connectivity index (χ4v) is 1.52. The van der Waals surface area contributed by atoms with E-state index in [-0.39, 0.29) is 11.7 Å². The van der Waals surface area contributed by atoms with Crippen LogP contribution in [0.2, 0.25) is 0 Å². The quantitative estimate of drug-likeness (QED) is 0.898. The van der Waals surface area contributed by atoms with Crippen molar-refractivity contribution in [3.05, 3.63) is 34.1 Å². The van der Waals surface area contributed by atoms with Crippen LogP contribution in [0.1, 0.15) is 18.9 Å². The molecule has 0 heterocycles. The monoisotopic (exact) mass is 273 g/mol. The van der Waals surface area contributed by atoms with Gasteiger partial charge in [0.1, 0.15) is 5.82 Å². The first kappa shape index (κ1) is 12.2. The summed E-state index contributed by atoms with van der Waals surface area (Å²) in [5, 5.41) is 2.71. The predicted molar refractivity (Wildman–Crippen MR) is 61.1 cm³/mol. The number of benzene rings is 1. The fraction of sp³-hybridized carbons (Fsp3) is 0.364. The zero-order valence-electron chi connectivity index (χ0n) is 8.52. The Balaban J connectivity index is 2.47. The van der Waals surface area contributed by atoms with Gasteiger partial charge in [0.05, 0.1) is 0 Å². The number of rotatable bonds is 4. The second-order valence-electron chi connectivity index (χ2n) is 3.19. The topological polar surface area (TPSA) is 29.1 Å². The molecular formula is C11H13BrFNO. The molecule has 1 N–H and O–H groups in total. The molecule has 2 nitrogen and oxygen atoms in total. The molecule has 0 saturated heterocycles. The Morgan fingerprint density at radius 3 is 2.87 bits per heavy atom. The summed E-state index contributed by atoms with van der Waals surface area (Å²) < 4.78 is 14.0. The highest BCUT2D eigenvalue weighted by Crippen LogP contribution is 2.15. The lowest BCUT2D eigenvalue weighted by Crippen LogP contribution is -2.24. The number of carbonyl (C=O) groups is 1. The molecular weight excluding hydrogens is 261 g/mol. The second-order valence-corrected chi connectivity index (χ2v) is 4.10. The van der Waals surface area contributed by atoms with Crippen molar-refractivity contribution in [2.45, 2.75) is 19.8 Å². The molecule has 0 aliphatic heterocycles. The van der Waals surface area contributed by atoms with Crippen molar-refractivity contribution in [3.8, 4) is 0 Å². The summed E-state index contributed by atoms with van der Waals surface area (Å²) in [6, 6.07) is 4.94. The van der Waals surface area contributed by atoms with Crippen LogP contribution in [-0.4, -0.2) is 12.5 Å². The third-order valence-corrected chi connectivity index (χ3v) is 2.55. The lowest BCUT2D eigenvalue weighted by atomic mass is 10.1. The van der Waals surface area contributed by atoms with Gasteiger partial charge in [-0.3, -0.25) is 4.79 Å². The molecule has 0 unspecified atom stereocenters. The fourth-order valence-electron chi connectivity index (χ4n) is 1.19. The van der Waals surface area contributed by atoms with Gasteiger partial charge in [-0.1, -0.05) is 28.9 Å². The van der Waals surface area contributed by atoms with Crippen molar-refractivity contribution in [1.82, 2.24) is 5.32 Å². The number of amides is 1. The average Bonchev–Trinajstić information content (AvgIpc) is 2.21. The zero-order chi connectivity index (χ0) is 11.3. The molecule has 0 saturated carbocycles. The van der Waals surface area contributed by atoms with Crippen LogP contribution in [0.15, 0.2) is 22.7 Å². The molecule has 0 radical (unpaired) electrons. The first-order valence-corrected chi connectivity index (χ1v) is 5.63. The van der Waals surface area contributed by atoms with E-state index in [0.717, 1.165) is 4.47 Å². The molecule has 1 amide bonds. The lowest BCUT2D eigenvalue weighted by molar-refractivity contribution is -0.120. The lowest BCUT2D eigenvalue weighted by Gasteiger charge is -2.05. The first-order valence-electron chi connectivity index (χ1n) is 4.84. The molecule has 0 bridgehead atoms. The largest absolute Gasteiger partial charge is 0.356 e. The number of hydrogen-bond donors (Lipinski definition) is 1. The van der Waals surface area contributed by atoms with Gasteiger partial charge in [0, 0.05) is 17.4 Å². The summed E-state index contributed by atoms with van der Waals surface area (Å²) >= 11 is 3.19. The molecule has 0 fully saturated rings. The van der Waals surface area contributed by atoms with E-state index >= 15 is 0 Å². The van der Waals surface area contributed by atoms with Crippen molar-refractivity contribution >= 4 is 21.8 Å². The summed E-state index contributed by atoms with van der Waals surface area (Å²) in [7, 11) is 0. The van der Waals surface area contributed by atoms with Crippen molar-refractivity contribution in [2.75, 3.05) is 6.54 Å². The van der Waals surface area contributed by atoms with Gasteiger partial charge in [-0.2, -0.15) is 0 Å². The van der Waals surface area contributed by atoms with E-state index in [1.807, 2.05) is 0 Å². The Bertz CT molecular complexity index is 354. The van der Waals surface area contributed by atoms with Crippen molar-refractivity contribution < 1.29 is 9.18 Å². The van der Waals surface area contributed by atoms with Crippen LogP contribution in [0, 0.1) is 5.82 Å². The maximum Gasteiger partial charge on any atom is 0.219 e. The Hall–Kier alpha value is -0.900. The van der Waals surface area contributed by atoms with E-state index in [4.69, 9.17) is 0 Å². The van der Waals surface area contributed by atoms with Crippen molar-refractivity contribution in [1.29, 1.82) is 0 Å². The summed E-state index contributed by atoms with van der Waals surface area (Å²) in [5.74, 6) is -0.248. The molecule has 1 aromatic rings. The summed E-state index contributed by atoms with van der Waals surface area (Å²) in [6.45, 7) is 2.26. The standard InChI is InChI=1S/C11H13BrFNO/c1-2-11(15)14-6-5-8-3-4-9(12)7-10(8)13/h3-4,7H,2,5-6H2,1H3,(H,14,15). The highest BCUT2D eigenvalue weighted by atomic mass is 79.9. The van der Waals surface area contributed by atoms with Crippen LogP contribution in [0.4, 0.5) is 4.39 Å². The van der Waals surface area contributed by atoms with Gasteiger partial charge in [-0.15, -0.1) is 0 Å². The Kier molecular flexibility index (Phi) is 4.75. The number of halogens is 2. The SMILES string of the molecule is CCC(=O)NCCc1ccc(Br)cc1F. The van der Waals surface area contributed by atoms with Crippen molar-refractivity contribution in [3.63, 3.8) is 0 Å². The maximum absolute atomic E-state index is 13.3. The van der Waals surface area contributed by atoms with Crippen LogP contribution >= 0.6 is 15.9 Å². The van der Waals surface area contributed by atoms with E-state index in [0.29, 0.717) is 24.9 Å². The minimum absolute atomic E-state index is 0.00693. The van der Waals surface area contributed by atoms with Gasteiger partial charge >= 0.3 is 0 Å². The number of nitrogens with one attached hydrogen (secondary N) is 1.